The summed E-state index contributed by atoms with van der Waals surface area (Å²) in [7, 11) is 1.72. The molecule has 3 nitrogen and oxygen atoms in total. The highest BCUT2D eigenvalue weighted by atomic mass is 16.5. The third kappa shape index (κ3) is 3.86. The number of benzene rings is 3. The van der Waals surface area contributed by atoms with Crippen LogP contribution in [0.1, 0.15) is 29.7 Å². The molecule has 1 atom stereocenters. The first-order chi connectivity index (χ1) is 15.2. The van der Waals surface area contributed by atoms with E-state index in [4.69, 9.17) is 4.74 Å². The zero-order valence-corrected chi connectivity index (χ0v) is 18.1. The van der Waals surface area contributed by atoms with E-state index < -0.39 is 0 Å². The zero-order chi connectivity index (χ0) is 21.2. The lowest BCUT2D eigenvalue weighted by Gasteiger charge is -2.20. The molecular weight excluding hydrogens is 382 g/mol. The molecule has 0 aliphatic heterocycles. The molecule has 5 rings (SSSR count). The van der Waals surface area contributed by atoms with E-state index in [1.54, 1.807) is 7.11 Å². The summed E-state index contributed by atoms with van der Waals surface area (Å²) in [5, 5.41) is 11.7. The lowest BCUT2D eigenvalue weighted by molar-refractivity contribution is 0.158. The number of hydrogen-bond donors (Lipinski definition) is 1. The van der Waals surface area contributed by atoms with Gasteiger partial charge in [0.1, 0.15) is 5.75 Å². The summed E-state index contributed by atoms with van der Waals surface area (Å²) in [6, 6.07) is 25.7. The van der Waals surface area contributed by atoms with E-state index in [9.17, 15) is 5.11 Å². The summed E-state index contributed by atoms with van der Waals surface area (Å²) in [6.45, 7) is 0.975. The average Bonchev–Trinajstić information content (AvgIpc) is 3.13. The Bertz CT molecular complexity index is 1190. The fourth-order valence-electron chi connectivity index (χ4n) is 5.05. The number of para-hydroxylation sites is 1. The third-order valence-electron chi connectivity index (χ3n) is 6.53. The Morgan fingerprint density at radius 3 is 2.68 bits per heavy atom. The molecule has 1 N–H and O–H groups in total. The molecule has 0 spiro atoms. The topological polar surface area (TPSA) is 34.4 Å². The minimum atomic E-state index is -0.233. The molecule has 1 unspecified atom stereocenters. The van der Waals surface area contributed by atoms with Crippen LogP contribution in [0.25, 0.3) is 22.0 Å². The Balaban J connectivity index is 1.54. The second-order valence-corrected chi connectivity index (χ2v) is 8.50. The maximum absolute atomic E-state index is 10.4. The molecule has 4 aromatic rings. The Morgan fingerprint density at radius 1 is 1.00 bits per heavy atom. The van der Waals surface area contributed by atoms with Gasteiger partial charge in [0.15, 0.2) is 0 Å². The van der Waals surface area contributed by atoms with Crippen molar-refractivity contribution in [1.82, 2.24) is 4.57 Å². The summed E-state index contributed by atoms with van der Waals surface area (Å²) in [5.41, 5.74) is 7.91. The van der Waals surface area contributed by atoms with Crippen molar-refractivity contribution < 1.29 is 9.84 Å². The lowest BCUT2D eigenvalue weighted by Crippen LogP contribution is -2.20. The average molecular weight is 412 g/mol. The number of fused-ring (bicyclic) bond motifs is 3. The predicted octanol–water partition coefficient (Wildman–Crippen LogP) is 5.80. The van der Waals surface area contributed by atoms with Crippen molar-refractivity contribution in [2.45, 2.75) is 44.8 Å². The molecule has 1 heterocycles. The van der Waals surface area contributed by atoms with E-state index in [0.29, 0.717) is 0 Å². The smallest absolute Gasteiger partial charge is 0.119 e. The van der Waals surface area contributed by atoms with Gasteiger partial charge in [-0.1, -0.05) is 60.7 Å². The van der Waals surface area contributed by atoms with Crippen LogP contribution in [0.15, 0.2) is 72.8 Å². The van der Waals surface area contributed by atoms with E-state index in [-0.39, 0.29) is 6.10 Å². The van der Waals surface area contributed by atoms with Crippen molar-refractivity contribution in [2.75, 3.05) is 7.11 Å². The second-order valence-electron chi connectivity index (χ2n) is 8.50. The van der Waals surface area contributed by atoms with E-state index in [2.05, 4.69) is 71.3 Å². The second kappa shape index (κ2) is 8.60. The van der Waals surface area contributed by atoms with Gasteiger partial charge in [-0.25, -0.2) is 0 Å². The number of rotatable bonds is 6. The highest BCUT2D eigenvalue weighted by Crippen LogP contribution is 2.38. The van der Waals surface area contributed by atoms with Gasteiger partial charge in [-0.2, -0.15) is 0 Å². The van der Waals surface area contributed by atoms with Crippen LogP contribution in [0.4, 0.5) is 0 Å². The number of aryl methyl sites for hydroxylation is 2. The first kappa shape index (κ1) is 19.9. The molecule has 3 heteroatoms. The molecule has 0 saturated carbocycles. The van der Waals surface area contributed by atoms with E-state index in [1.807, 2.05) is 6.07 Å². The van der Waals surface area contributed by atoms with E-state index in [0.717, 1.165) is 44.4 Å². The van der Waals surface area contributed by atoms with Gasteiger partial charge in [0, 0.05) is 29.6 Å². The number of nitrogens with zero attached hydrogens (tertiary/aromatic N) is 1. The first-order valence-electron chi connectivity index (χ1n) is 11.2. The van der Waals surface area contributed by atoms with Gasteiger partial charge in [-0.3, -0.25) is 0 Å². The van der Waals surface area contributed by atoms with Gasteiger partial charge < -0.3 is 14.4 Å². The maximum atomic E-state index is 10.4. The number of aliphatic hydroxyl groups is 1. The van der Waals surface area contributed by atoms with Gasteiger partial charge in [0.05, 0.1) is 18.7 Å². The Labute approximate surface area is 183 Å². The third-order valence-corrected chi connectivity index (χ3v) is 6.53. The number of aliphatic hydroxyl groups excluding tert-OH is 1. The van der Waals surface area contributed by atoms with Gasteiger partial charge in [-0.15, -0.1) is 0 Å². The van der Waals surface area contributed by atoms with Gasteiger partial charge >= 0.3 is 0 Å². The summed E-state index contributed by atoms with van der Waals surface area (Å²) in [6.07, 6.45) is 4.39. The minimum absolute atomic E-state index is 0.233. The van der Waals surface area contributed by atoms with Crippen LogP contribution in [0.5, 0.6) is 5.75 Å². The zero-order valence-electron chi connectivity index (χ0n) is 18.1. The molecule has 0 amide bonds. The van der Waals surface area contributed by atoms with Gasteiger partial charge in [0.25, 0.3) is 0 Å². The number of methoxy groups -OCH3 is 1. The predicted molar refractivity (Wildman–Crippen MR) is 127 cm³/mol. The normalized spacial score (nSPS) is 15.7. The highest BCUT2D eigenvalue weighted by molar-refractivity contribution is 5.97. The Kier molecular flexibility index (Phi) is 5.52. The molecule has 31 heavy (non-hydrogen) atoms. The molecule has 158 valence electrons. The SMILES string of the molecule is COc1cccc(CCCn2c3c(c4cccc(-c5ccccc5)c42)CC(O)CC3)c1. The number of aromatic nitrogens is 1. The van der Waals surface area contributed by atoms with Crippen LogP contribution >= 0.6 is 0 Å². The van der Waals surface area contributed by atoms with E-state index in [1.165, 1.54) is 38.9 Å². The molecule has 1 aromatic heterocycles. The molecule has 0 saturated heterocycles. The molecule has 1 aliphatic carbocycles. The summed E-state index contributed by atoms with van der Waals surface area (Å²) < 4.78 is 7.93. The van der Waals surface area contributed by atoms with Crippen molar-refractivity contribution >= 4 is 10.9 Å². The van der Waals surface area contributed by atoms with Crippen LogP contribution in [0.2, 0.25) is 0 Å². The molecule has 0 bridgehead atoms. The van der Waals surface area contributed by atoms with Crippen LogP contribution in [-0.4, -0.2) is 22.9 Å². The first-order valence-corrected chi connectivity index (χ1v) is 11.2. The molecule has 0 radical (unpaired) electrons. The van der Waals surface area contributed by atoms with E-state index >= 15 is 0 Å². The molecule has 3 aromatic carbocycles. The van der Waals surface area contributed by atoms with Crippen LogP contribution in [0, 0.1) is 0 Å². The highest BCUT2D eigenvalue weighted by Gasteiger charge is 2.25. The van der Waals surface area contributed by atoms with Crippen LogP contribution < -0.4 is 4.74 Å². The van der Waals surface area contributed by atoms with Gasteiger partial charge in [-0.05, 0) is 54.5 Å². The van der Waals surface area contributed by atoms with Crippen molar-refractivity contribution in [3.63, 3.8) is 0 Å². The fraction of sp³-hybridized carbons (Fsp3) is 0.286. The van der Waals surface area contributed by atoms with Crippen molar-refractivity contribution in [2.24, 2.45) is 0 Å². The number of hydrogen-bond acceptors (Lipinski definition) is 2. The maximum Gasteiger partial charge on any atom is 0.119 e. The standard InChI is InChI=1S/C28H29NO2/c1-31-23-12-5-8-20(18-23)9-7-17-29-27-16-15-22(30)19-26(27)25-14-6-13-24(28(25)29)21-10-3-2-4-11-21/h2-6,8,10-14,18,22,30H,7,9,15-17,19H2,1H3. The van der Waals surface area contributed by atoms with Crippen molar-refractivity contribution in [3.8, 4) is 16.9 Å². The van der Waals surface area contributed by atoms with Gasteiger partial charge in [0.2, 0.25) is 0 Å². The summed E-state index contributed by atoms with van der Waals surface area (Å²) >= 11 is 0. The largest absolute Gasteiger partial charge is 0.497 e. The fourth-order valence-corrected chi connectivity index (χ4v) is 5.05. The Morgan fingerprint density at radius 2 is 1.84 bits per heavy atom. The molecule has 0 fully saturated rings. The molecular formula is C28H29NO2. The number of ether oxygens (including phenoxy) is 1. The lowest BCUT2D eigenvalue weighted by atomic mass is 9.92. The van der Waals surface area contributed by atoms with Crippen LogP contribution in [-0.2, 0) is 25.8 Å². The summed E-state index contributed by atoms with van der Waals surface area (Å²) in [5.74, 6) is 0.918. The monoisotopic (exact) mass is 411 g/mol. The molecule has 1 aliphatic rings. The Hall–Kier alpha value is -3.04. The summed E-state index contributed by atoms with van der Waals surface area (Å²) in [4.78, 5) is 0. The van der Waals surface area contributed by atoms with Crippen molar-refractivity contribution in [3.05, 3.63) is 89.6 Å². The quantitative estimate of drug-likeness (QED) is 0.435. The van der Waals surface area contributed by atoms with Crippen LogP contribution in [0.3, 0.4) is 0 Å². The minimum Gasteiger partial charge on any atom is -0.497 e. The van der Waals surface area contributed by atoms with Crippen molar-refractivity contribution in [1.29, 1.82) is 0 Å².